The number of carbonyl (C=O) groups excluding carboxylic acids is 3. The Bertz CT molecular complexity index is 763. The lowest BCUT2D eigenvalue weighted by molar-refractivity contribution is -0.160. The minimum Gasteiger partial charge on any atom is -0.464 e. The normalized spacial score (nSPS) is 10.7. The Hall–Kier alpha value is -2.83. The van der Waals surface area contributed by atoms with Crippen LogP contribution in [0.1, 0.15) is 33.2 Å². The van der Waals surface area contributed by atoms with Crippen molar-refractivity contribution in [2.24, 2.45) is 0 Å². The number of hydrogen-bond acceptors (Lipinski definition) is 5. The number of nitrogens with zero attached hydrogens (tertiary/aromatic N) is 1. The third-order valence-corrected chi connectivity index (χ3v) is 3.63. The maximum absolute atomic E-state index is 12.4. The fraction of sp³-hybridized carbons (Fsp3) is 0.389. The number of fused-ring (bicyclic) bond motifs is 1. The lowest BCUT2D eigenvalue weighted by Gasteiger charge is -2.17. The molecule has 25 heavy (non-hydrogen) atoms. The molecule has 0 aliphatic carbocycles. The highest BCUT2D eigenvalue weighted by molar-refractivity contribution is 6.04. The van der Waals surface area contributed by atoms with E-state index >= 15 is 0 Å². The van der Waals surface area contributed by atoms with Crippen molar-refractivity contribution in [2.75, 3.05) is 18.5 Å². The summed E-state index contributed by atoms with van der Waals surface area (Å²) in [7, 11) is 0. The maximum Gasteiger partial charge on any atom is 0.340 e. The summed E-state index contributed by atoms with van der Waals surface area (Å²) in [5.74, 6) is -1.56. The van der Waals surface area contributed by atoms with Crippen molar-refractivity contribution in [1.29, 1.82) is 0 Å². The van der Waals surface area contributed by atoms with Crippen LogP contribution in [0.5, 0.6) is 0 Å². The number of esters is 2. The van der Waals surface area contributed by atoms with E-state index in [2.05, 4.69) is 5.32 Å². The van der Waals surface area contributed by atoms with E-state index in [1.54, 1.807) is 39.1 Å². The van der Waals surface area contributed by atoms with E-state index in [1.807, 2.05) is 12.1 Å². The molecule has 1 aromatic heterocycles. The van der Waals surface area contributed by atoms with Crippen molar-refractivity contribution in [3.05, 3.63) is 30.5 Å². The molecule has 1 N–H and O–H groups in total. The van der Waals surface area contributed by atoms with E-state index in [4.69, 9.17) is 9.47 Å². The number of carbonyl (C=O) groups is 3. The molecule has 0 saturated carbocycles. The minimum atomic E-state index is -1.27. The molecule has 0 fully saturated rings. The Balaban J connectivity index is 2.56. The fourth-order valence-corrected chi connectivity index (χ4v) is 2.52. The van der Waals surface area contributed by atoms with E-state index in [9.17, 15) is 14.4 Å². The topological polar surface area (TPSA) is 86.6 Å². The van der Waals surface area contributed by atoms with Gasteiger partial charge in [-0.3, -0.25) is 4.79 Å². The van der Waals surface area contributed by atoms with Gasteiger partial charge in [-0.15, -0.1) is 0 Å². The molecule has 7 heteroatoms. The second kappa shape index (κ2) is 8.32. The molecule has 1 amide bonds. The zero-order chi connectivity index (χ0) is 18.4. The fourth-order valence-electron chi connectivity index (χ4n) is 2.52. The molecule has 0 aliphatic rings. The van der Waals surface area contributed by atoms with Gasteiger partial charge in [-0.2, -0.15) is 0 Å². The number of ether oxygens (including phenoxy) is 2. The molecule has 0 bridgehead atoms. The molecule has 1 heterocycles. The molecule has 134 valence electrons. The van der Waals surface area contributed by atoms with Crippen molar-refractivity contribution in [3.8, 4) is 0 Å². The van der Waals surface area contributed by atoms with Crippen LogP contribution in [0.3, 0.4) is 0 Å². The Kier molecular flexibility index (Phi) is 6.16. The Morgan fingerprint density at radius 3 is 2.20 bits per heavy atom. The predicted octanol–water partition coefficient (Wildman–Crippen LogP) is 2.66. The van der Waals surface area contributed by atoms with Gasteiger partial charge in [0.15, 0.2) is 0 Å². The molecule has 0 unspecified atom stereocenters. The van der Waals surface area contributed by atoms with Crippen molar-refractivity contribution < 1.29 is 23.9 Å². The monoisotopic (exact) mass is 346 g/mol. The van der Waals surface area contributed by atoms with Crippen molar-refractivity contribution in [1.82, 2.24) is 4.57 Å². The SMILES string of the molecule is CCOC(=O)C(C(=O)OCC)n1cc(NC(=O)CC)c2ccccc21. The number of para-hydroxylation sites is 1. The van der Waals surface area contributed by atoms with E-state index in [1.165, 1.54) is 4.57 Å². The number of amides is 1. The first-order valence-corrected chi connectivity index (χ1v) is 8.26. The standard InChI is InChI=1S/C18H22N2O5/c1-4-15(21)19-13-11-20(14-10-8-7-9-12(13)14)16(17(22)24-5-2)18(23)25-6-3/h7-11,16H,4-6H2,1-3H3,(H,19,21). The molecule has 0 saturated heterocycles. The quantitative estimate of drug-likeness (QED) is 0.615. The number of benzene rings is 1. The number of aromatic nitrogens is 1. The Morgan fingerprint density at radius 2 is 1.64 bits per heavy atom. The molecule has 7 nitrogen and oxygen atoms in total. The van der Waals surface area contributed by atoms with Crippen LogP contribution < -0.4 is 5.32 Å². The van der Waals surface area contributed by atoms with Crippen LogP contribution in [-0.2, 0) is 23.9 Å². The third-order valence-electron chi connectivity index (χ3n) is 3.63. The number of anilines is 1. The minimum absolute atomic E-state index is 0.146. The number of hydrogen-bond donors (Lipinski definition) is 1. The van der Waals surface area contributed by atoms with Crippen LogP contribution in [0.15, 0.2) is 30.5 Å². The first kappa shape index (κ1) is 18.5. The van der Waals surface area contributed by atoms with Gasteiger partial charge in [0.25, 0.3) is 0 Å². The van der Waals surface area contributed by atoms with Crippen LogP contribution in [-0.4, -0.2) is 35.6 Å². The van der Waals surface area contributed by atoms with Gasteiger partial charge >= 0.3 is 11.9 Å². The van der Waals surface area contributed by atoms with Crippen molar-refractivity contribution in [2.45, 2.75) is 33.2 Å². The van der Waals surface area contributed by atoms with Crippen LogP contribution in [0, 0.1) is 0 Å². The van der Waals surface area contributed by atoms with E-state index in [0.29, 0.717) is 17.6 Å². The van der Waals surface area contributed by atoms with Gasteiger partial charge in [0, 0.05) is 18.0 Å². The summed E-state index contributed by atoms with van der Waals surface area (Å²) in [6.45, 7) is 5.37. The molecule has 0 atom stereocenters. The van der Waals surface area contributed by atoms with Crippen molar-refractivity contribution in [3.63, 3.8) is 0 Å². The highest BCUT2D eigenvalue weighted by Gasteiger charge is 2.33. The summed E-state index contributed by atoms with van der Waals surface area (Å²) >= 11 is 0. The summed E-state index contributed by atoms with van der Waals surface area (Å²) in [5.41, 5.74) is 1.15. The molecule has 0 spiro atoms. The van der Waals surface area contributed by atoms with Gasteiger partial charge in [0.2, 0.25) is 11.9 Å². The molecule has 0 aliphatic heterocycles. The molecule has 2 rings (SSSR count). The molecular formula is C18H22N2O5. The lowest BCUT2D eigenvalue weighted by atomic mass is 10.2. The second-order valence-corrected chi connectivity index (χ2v) is 5.28. The van der Waals surface area contributed by atoms with Crippen LogP contribution in [0.25, 0.3) is 10.9 Å². The van der Waals surface area contributed by atoms with Gasteiger partial charge in [0.1, 0.15) is 0 Å². The Morgan fingerprint density at radius 1 is 1.04 bits per heavy atom. The van der Waals surface area contributed by atoms with E-state index in [0.717, 1.165) is 5.39 Å². The summed E-state index contributed by atoms with van der Waals surface area (Å²) in [5, 5.41) is 3.51. The largest absolute Gasteiger partial charge is 0.464 e. The summed E-state index contributed by atoms with van der Waals surface area (Å²) < 4.78 is 11.6. The highest BCUT2D eigenvalue weighted by atomic mass is 16.6. The summed E-state index contributed by atoms with van der Waals surface area (Å²) in [4.78, 5) is 36.5. The number of nitrogens with one attached hydrogen (secondary N) is 1. The first-order chi connectivity index (χ1) is 12.0. The molecule has 1 aromatic carbocycles. The predicted molar refractivity (Wildman–Crippen MR) is 93.2 cm³/mol. The molecule has 0 radical (unpaired) electrons. The van der Waals surface area contributed by atoms with E-state index in [-0.39, 0.29) is 19.1 Å². The average Bonchev–Trinajstić information content (AvgIpc) is 2.94. The van der Waals surface area contributed by atoms with Crippen LogP contribution in [0.4, 0.5) is 5.69 Å². The molecule has 2 aromatic rings. The maximum atomic E-state index is 12.4. The van der Waals surface area contributed by atoms with Gasteiger partial charge in [0.05, 0.1) is 24.4 Å². The Labute approximate surface area is 145 Å². The van der Waals surface area contributed by atoms with Gasteiger partial charge in [-0.1, -0.05) is 25.1 Å². The zero-order valence-corrected chi connectivity index (χ0v) is 14.6. The third kappa shape index (κ3) is 3.99. The van der Waals surface area contributed by atoms with Crippen molar-refractivity contribution >= 4 is 34.4 Å². The van der Waals surface area contributed by atoms with E-state index < -0.39 is 18.0 Å². The van der Waals surface area contributed by atoms with Crippen LogP contribution in [0.2, 0.25) is 0 Å². The lowest BCUT2D eigenvalue weighted by Crippen LogP contribution is -2.30. The van der Waals surface area contributed by atoms with Gasteiger partial charge in [-0.05, 0) is 19.9 Å². The zero-order valence-electron chi connectivity index (χ0n) is 14.6. The highest BCUT2D eigenvalue weighted by Crippen LogP contribution is 2.30. The summed E-state index contributed by atoms with van der Waals surface area (Å²) in [6.07, 6.45) is 1.88. The second-order valence-electron chi connectivity index (χ2n) is 5.28. The van der Waals surface area contributed by atoms with Crippen LogP contribution >= 0.6 is 0 Å². The average molecular weight is 346 g/mol. The number of rotatable bonds is 7. The smallest absolute Gasteiger partial charge is 0.340 e. The first-order valence-electron chi connectivity index (χ1n) is 8.26. The molecular weight excluding hydrogens is 324 g/mol. The summed E-state index contributed by atoms with van der Waals surface area (Å²) in [6, 6.07) is 5.92. The van der Waals surface area contributed by atoms with Gasteiger partial charge < -0.3 is 19.4 Å². The van der Waals surface area contributed by atoms with Gasteiger partial charge in [-0.25, -0.2) is 9.59 Å².